The van der Waals surface area contributed by atoms with E-state index in [0.29, 0.717) is 18.6 Å². The van der Waals surface area contributed by atoms with Crippen molar-refractivity contribution >= 4 is 21.8 Å². The first-order valence-electron chi connectivity index (χ1n) is 5.95. The van der Waals surface area contributed by atoms with Crippen molar-refractivity contribution in [1.29, 1.82) is 0 Å². The second-order valence-electron chi connectivity index (χ2n) is 4.54. The normalized spacial score (nSPS) is 23.9. The van der Waals surface area contributed by atoms with Gasteiger partial charge in [-0.3, -0.25) is 4.79 Å². The van der Waals surface area contributed by atoms with Crippen molar-refractivity contribution in [1.82, 2.24) is 5.32 Å². The average Bonchev–Trinajstić information content (AvgIpc) is 2.30. The minimum absolute atomic E-state index is 0.0865. The van der Waals surface area contributed by atoms with Gasteiger partial charge in [0.15, 0.2) is 6.10 Å². The highest BCUT2D eigenvalue weighted by atomic mass is 79.9. The van der Waals surface area contributed by atoms with E-state index in [1.807, 2.05) is 12.1 Å². The van der Waals surface area contributed by atoms with Crippen LogP contribution in [0.3, 0.4) is 0 Å². The summed E-state index contributed by atoms with van der Waals surface area (Å²) in [7, 11) is 0. The van der Waals surface area contributed by atoms with E-state index in [4.69, 9.17) is 9.84 Å². The van der Waals surface area contributed by atoms with E-state index < -0.39 is 6.10 Å². The number of aliphatic hydroxyl groups excluding tert-OH is 1. The molecule has 1 unspecified atom stereocenters. The summed E-state index contributed by atoms with van der Waals surface area (Å²) in [6.45, 7) is 1.71. The van der Waals surface area contributed by atoms with Gasteiger partial charge in [-0.1, -0.05) is 15.9 Å². The van der Waals surface area contributed by atoms with Crippen LogP contribution in [0.5, 0.6) is 5.75 Å². The third-order valence-electron chi connectivity index (χ3n) is 2.96. The molecule has 0 radical (unpaired) electrons. The molecule has 1 aliphatic rings. The zero-order valence-electron chi connectivity index (χ0n) is 10.1. The van der Waals surface area contributed by atoms with Crippen molar-refractivity contribution in [2.24, 2.45) is 0 Å². The first-order valence-corrected chi connectivity index (χ1v) is 6.74. The fourth-order valence-electron chi connectivity index (χ4n) is 1.80. The quantitative estimate of drug-likeness (QED) is 0.892. The van der Waals surface area contributed by atoms with Gasteiger partial charge in [-0.05, 0) is 44.0 Å². The third-order valence-corrected chi connectivity index (χ3v) is 3.48. The molecule has 1 atom stereocenters. The molecule has 1 aliphatic carbocycles. The highest BCUT2D eigenvalue weighted by Gasteiger charge is 2.29. The molecule has 18 heavy (non-hydrogen) atoms. The average molecular weight is 314 g/mol. The zero-order valence-corrected chi connectivity index (χ0v) is 11.7. The summed E-state index contributed by atoms with van der Waals surface area (Å²) in [5, 5.41) is 12.0. The van der Waals surface area contributed by atoms with Crippen LogP contribution in [-0.4, -0.2) is 29.3 Å². The van der Waals surface area contributed by atoms with Crippen molar-refractivity contribution in [3.63, 3.8) is 0 Å². The molecule has 0 saturated heterocycles. The van der Waals surface area contributed by atoms with Crippen LogP contribution in [0.15, 0.2) is 28.7 Å². The monoisotopic (exact) mass is 313 g/mol. The molecule has 1 fully saturated rings. The van der Waals surface area contributed by atoms with Crippen LogP contribution in [0.25, 0.3) is 0 Å². The number of ether oxygens (including phenoxy) is 1. The molecule has 1 aromatic rings. The van der Waals surface area contributed by atoms with Crippen LogP contribution >= 0.6 is 15.9 Å². The van der Waals surface area contributed by atoms with Crippen LogP contribution in [0.1, 0.15) is 19.8 Å². The minimum Gasteiger partial charge on any atom is -0.481 e. The zero-order chi connectivity index (χ0) is 13.1. The summed E-state index contributed by atoms with van der Waals surface area (Å²) in [5.41, 5.74) is 0. The molecule has 1 amide bonds. The van der Waals surface area contributed by atoms with Gasteiger partial charge >= 0.3 is 0 Å². The molecular formula is C13H16BrNO3. The van der Waals surface area contributed by atoms with Gasteiger partial charge in [0.05, 0.1) is 6.10 Å². The summed E-state index contributed by atoms with van der Waals surface area (Å²) in [5.74, 6) is 0.518. The number of rotatable bonds is 4. The Bertz CT molecular complexity index is 415. The van der Waals surface area contributed by atoms with Crippen LogP contribution in [-0.2, 0) is 4.79 Å². The molecule has 1 saturated carbocycles. The lowest BCUT2D eigenvalue weighted by Gasteiger charge is -2.32. The van der Waals surface area contributed by atoms with E-state index in [1.165, 1.54) is 0 Å². The maximum atomic E-state index is 11.8. The van der Waals surface area contributed by atoms with Crippen molar-refractivity contribution in [2.45, 2.75) is 38.0 Å². The number of benzene rings is 1. The van der Waals surface area contributed by atoms with Crippen molar-refractivity contribution in [2.75, 3.05) is 0 Å². The summed E-state index contributed by atoms with van der Waals surface area (Å²) in [4.78, 5) is 11.8. The molecular weight excluding hydrogens is 298 g/mol. The Hall–Kier alpha value is -1.07. The summed E-state index contributed by atoms with van der Waals surface area (Å²) in [6, 6.07) is 7.43. The first kappa shape index (κ1) is 13.4. The van der Waals surface area contributed by atoms with Gasteiger partial charge < -0.3 is 15.2 Å². The number of nitrogens with one attached hydrogen (secondary N) is 1. The largest absolute Gasteiger partial charge is 0.481 e. The molecule has 5 heteroatoms. The Morgan fingerprint density at radius 2 is 2.06 bits per heavy atom. The van der Waals surface area contributed by atoms with Gasteiger partial charge in [-0.25, -0.2) is 0 Å². The topological polar surface area (TPSA) is 58.6 Å². The molecule has 0 heterocycles. The molecule has 4 nitrogen and oxygen atoms in total. The van der Waals surface area contributed by atoms with E-state index in [2.05, 4.69) is 21.2 Å². The van der Waals surface area contributed by atoms with Crippen molar-refractivity contribution in [3.05, 3.63) is 28.7 Å². The molecule has 0 spiro atoms. The van der Waals surface area contributed by atoms with Gasteiger partial charge in [0.1, 0.15) is 5.75 Å². The predicted octanol–water partition coefficient (Wildman–Crippen LogP) is 1.86. The summed E-state index contributed by atoms with van der Waals surface area (Å²) < 4.78 is 6.50. The molecule has 0 aromatic heterocycles. The van der Waals surface area contributed by atoms with Crippen LogP contribution in [0, 0.1) is 0 Å². The lowest BCUT2D eigenvalue weighted by Crippen LogP contribution is -2.50. The first-order chi connectivity index (χ1) is 8.54. The van der Waals surface area contributed by atoms with E-state index in [-0.39, 0.29) is 18.1 Å². The lowest BCUT2D eigenvalue weighted by atomic mass is 9.89. The molecule has 2 N–H and O–H groups in total. The predicted molar refractivity (Wildman–Crippen MR) is 71.4 cm³/mol. The number of hydrogen-bond acceptors (Lipinski definition) is 3. The maximum Gasteiger partial charge on any atom is 0.260 e. The van der Waals surface area contributed by atoms with E-state index in [1.54, 1.807) is 19.1 Å². The van der Waals surface area contributed by atoms with Crippen LogP contribution in [0.2, 0.25) is 0 Å². The Morgan fingerprint density at radius 3 is 2.61 bits per heavy atom. The van der Waals surface area contributed by atoms with Gasteiger partial charge in [0.2, 0.25) is 0 Å². The van der Waals surface area contributed by atoms with Crippen molar-refractivity contribution < 1.29 is 14.6 Å². The second kappa shape index (κ2) is 5.71. The molecule has 0 bridgehead atoms. The Morgan fingerprint density at radius 1 is 1.44 bits per heavy atom. The Kier molecular flexibility index (Phi) is 4.24. The highest BCUT2D eigenvalue weighted by Crippen LogP contribution is 2.20. The number of carbonyl (C=O) groups is 1. The fraction of sp³-hybridized carbons (Fsp3) is 0.462. The summed E-state index contributed by atoms with van der Waals surface area (Å²) >= 11 is 3.34. The molecule has 1 aromatic carbocycles. The standard InChI is InChI=1S/C13H16BrNO3/c1-8(13(17)15-10-6-11(16)7-10)18-12-4-2-9(14)3-5-12/h2-5,8,10-11,16H,6-7H2,1H3,(H,15,17). The van der Waals surface area contributed by atoms with Gasteiger partial charge in [-0.15, -0.1) is 0 Å². The maximum absolute atomic E-state index is 11.8. The smallest absolute Gasteiger partial charge is 0.260 e. The Labute approximate surface area is 114 Å². The van der Waals surface area contributed by atoms with Gasteiger partial charge in [-0.2, -0.15) is 0 Å². The van der Waals surface area contributed by atoms with E-state index in [9.17, 15) is 4.79 Å². The minimum atomic E-state index is -0.538. The van der Waals surface area contributed by atoms with Crippen molar-refractivity contribution in [3.8, 4) is 5.75 Å². The van der Waals surface area contributed by atoms with Gasteiger partial charge in [0.25, 0.3) is 5.91 Å². The molecule has 2 rings (SSSR count). The number of hydrogen-bond donors (Lipinski definition) is 2. The molecule has 0 aliphatic heterocycles. The Balaban J connectivity index is 1.81. The lowest BCUT2D eigenvalue weighted by molar-refractivity contribution is -0.129. The van der Waals surface area contributed by atoms with Crippen LogP contribution in [0.4, 0.5) is 0 Å². The van der Waals surface area contributed by atoms with E-state index >= 15 is 0 Å². The number of halogens is 1. The van der Waals surface area contributed by atoms with Crippen LogP contribution < -0.4 is 10.1 Å². The summed E-state index contributed by atoms with van der Waals surface area (Å²) in [6.07, 6.45) is 0.468. The van der Waals surface area contributed by atoms with E-state index in [0.717, 1.165) is 4.47 Å². The SMILES string of the molecule is CC(Oc1ccc(Br)cc1)C(=O)NC1CC(O)C1. The number of amides is 1. The third kappa shape index (κ3) is 3.46. The highest BCUT2D eigenvalue weighted by molar-refractivity contribution is 9.10. The number of aliphatic hydroxyl groups is 1. The van der Waals surface area contributed by atoms with Gasteiger partial charge in [0, 0.05) is 10.5 Å². The fourth-order valence-corrected chi connectivity index (χ4v) is 2.06. The number of carbonyl (C=O) groups excluding carboxylic acids is 1. The second-order valence-corrected chi connectivity index (χ2v) is 5.46. The molecule has 98 valence electrons.